The van der Waals surface area contributed by atoms with Crippen LogP contribution in [-0.2, 0) is 0 Å². The Kier molecular flexibility index (Phi) is 5.51. The Morgan fingerprint density at radius 2 is 1.44 bits per heavy atom. The van der Waals surface area contributed by atoms with Crippen LogP contribution in [0.1, 0.15) is 64.2 Å². The van der Waals surface area contributed by atoms with Crippen LogP contribution in [0.3, 0.4) is 0 Å². The fourth-order valence-electron chi connectivity index (χ4n) is 3.12. The molecular weight excluding hydrogens is 214 g/mol. The molecule has 94 valence electrons. The van der Waals surface area contributed by atoms with Gasteiger partial charge < -0.3 is 5.73 Å². The summed E-state index contributed by atoms with van der Waals surface area (Å²) in [5, 5.41) is 0.765. The fraction of sp³-hybridized carbons (Fsp3) is 1.00. The Bertz CT molecular complexity index is 189. The lowest BCUT2D eigenvalue weighted by molar-refractivity contribution is 0.462. The molecule has 16 heavy (non-hydrogen) atoms. The van der Waals surface area contributed by atoms with Crippen molar-refractivity contribution in [3.63, 3.8) is 0 Å². The van der Waals surface area contributed by atoms with E-state index >= 15 is 0 Å². The standard InChI is InChI=1S/C14H27NS/c15-13-9-3-1-2-4-10-14(13)16-11-12-7-5-6-8-12/h12-14H,1-11,15H2. The monoisotopic (exact) mass is 241 g/mol. The van der Waals surface area contributed by atoms with E-state index in [1.54, 1.807) is 0 Å². The molecule has 2 saturated carbocycles. The van der Waals surface area contributed by atoms with Gasteiger partial charge in [-0.2, -0.15) is 11.8 Å². The summed E-state index contributed by atoms with van der Waals surface area (Å²) in [5.41, 5.74) is 6.31. The van der Waals surface area contributed by atoms with Crippen molar-refractivity contribution in [3.8, 4) is 0 Å². The van der Waals surface area contributed by atoms with E-state index < -0.39 is 0 Å². The third-order valence-corrected chi connectivity index (χ3v) is 5.95. The molecule has 2 aliphatic carbocycles. The van der Waals surface area contributed by atoms with Gasteiger partial charge in [0, 0.05) is 11.3 Å². The van der Waals surface area contributed by atoms with Crippen LogP contribution in [0.4, 0.5) is 0 Å². The summed E-state index contributed by atoms with van der Waals surface area (Å²) < 4.78 is 0. The Labute approximate surface area is 105 Å². The molecule has 2 unspecified atom stereocenters. The summed E-state index contributed by atoms with van der Waals surface area (Å²) in [7, 11) is 0. The summed E-state index contributed by atoms with van der Waals surface area (Å²) in [6, 6.07) is 0.478. The van der Waals surface area contributed by atoms with E-state index in [1.807, 2.05) is 0 Å². The van der Waals surface area contributed by atoms with Gasteiger partial charge >= 0.3 is 0 Å². The lowest BCUT2D eigenvalue weighted by Crippen LogP contribution is -2.33. The third-order valence-electron chi connectivity index (χ3n) is 4.27. The largest absolute Gasteiger partial charge is 0.327 e. The van der Waals surface area contributed by atoms with Gasteiger partial charge in [0.05, 0.1) is 0 Å². The predicted molar refractivity (Wildman–Crippen MR) is 73.9 cm³/mol. The second-order valence-electron chi connectivity index (χ2n) is 5.68. The highest BCUT2D eigenvalue weighted by Gasteiger charge is 2.22. The van der Waals surface area contributed by atoms with E-state index in [-0.39, 0.29) is 0 Å². The number of thioether (sulfide) groups is 1. The molecular formula is C14H27NS. The molecule has 2 atom stereocenters. The molecule has 0 spiro atoms. The van der Waals surface area contributed by atoms with Crippen molar-refractivity contribution in [2.24, 2.45) is 11.7 Å². The summed E-state index contributed by atoms with van der Waals surface area (Å²) >= 11 is 2.20. The minimum Gasteiger partial charge on any atom is -0.327 e. The summed E-state index contributed by atoms with van der Waals surface area (Å²) in [4.78, 5) is 0. The van der Waals surface area contributed by atoms with Gasteiger partial charge in [0.25, 0.3) is 0 Å². The zero-order chi connectivity index (χ0) is 11.2. The SMILES string of the molecule is NC1CCCCCCC1SCC1CCCC1. The average molecular weight is 241 g/mol. The highest BCUT2D eigenvalue weighted by Crippen LogP contribution is 2.32. The molecule has 0 aromatic rings. The van der Waals surface area contributed by atoms with E-state index in [1.165, 1.54) is 70.0 Å². The molecule has 0 aliphatic heterocycles. The maximum Gasteiger partial charge on any atom is 0.0199 e. The highest BCUT2D eigenvalue weighted by atomic mass is 32.2. The van der Waals surface area contributed by atoms with E-state index in [0.29, 0.717) is 6.04 Å². The van der Waals surface area contributed by atoms with Gasteiger partial charge in [-0.15, -0.1) is 0 Å². The smallest absolute Gasteiger partial charge is 0.0199 e. The molecule has 0 radical (unpaired) electrons. The molecule has 0 bridgehead atoms. The maximum absolute atomic E-state index is 6.31. The van der Waals surface area contributed by atoms with Crippen molar-refractivity contribution in [2.75, 3.05) is 5.75 Å². The van der Waals surface area contributed by atoms with Gasteiger partial charge in [-0.1, -0.05) is 38.5 Å². The van der Waals surface area contributed by atoms with Crippen molar-refractivity contribution in [1.29, 1.82) is 0 Å². The molecule has 0 saturated heterocycles. The van der Waals surface area contributed by atoms with Crippen LogP contribution >= 0.6 is 11.8 Å². The van der Waals surface area contributed by atoms with Crippen LogP contribution in [0.25, 0.3) is 0 Å². The quantitative estimate of drug-likeness (QED) is 0.809. The molecule has 2 rings (SSSR count). The van der Waals surface area contributed by atoms with Gasteiger partial charge in [-0.3, -0.25) is 0 Å². The van der Waals surface area contributed by atoms with Crippen LogP contribution in [0.15, 0.2) is 0 Å². The van der Waals surface area contributed by atoms with Gasteiger partial charge in [0.2, 0.25) is 0 Å². The van der Waals surface area contributed by atoms with Crippen LogP contribution in [-0.4, -0.2) is 17.0 Å². The van der Waals surface area contributed by atoms with E-state index in [0.717, 1.165) is 11.2 Å². The van der Waals surface area contributed by atoms with Crippen molar-refractivity contribution in [1.82, 2.24) is 0 Å². The zero-order valence-electron chi connectivity index (χ0n) is 10.5. The van der Waals surface area contributed by atoms with Crippen molar-refractivity contribution >= 4 is 11.8 Å². The minimum atomic E-state index is 0.478. The second-order valence-corrected chi connectivity index (χ2v) is 6.95. The average Bonchev–Trinajstić information content (AvgIpc) is 2.76. The topological polar surface area (TPSA) is 26.0 Å². The molecule has 2 N–H and O–H groups in total. The number of hydrogen-bond acceptors (Lipinski definition) is 2. The first kappa shape index (κ1) is 12.8. The third kappa shape index (κ3) is 3.96. The molecule has 2 fully saturated rings. The predicted octanol–water partition coefficient (Wildman–Crippen LogP) is 3.96. The molecule has 2 heteroatoms. The normalized spacial score (nSPS) is 33.6. The first-order chi connectivity index (χ1) is 7.86. The summed E-state index contributed by atoms with van der Waals surface area (Å²) in [6.45, 7) is 0. The van der Waals surface area contributed by atoms with Crippen molar-refractivity contribution in [2.45, 2.75) is 75.5 Å². The van der Waals surface area contributed by atoms with Crippen molar-refractivity contribution in [3.05, 3.63) is 0 Å². The van der Waals surface area contributed by atoms with Gasteiger partial charge in [-0.25, -0.2) is 0 Å². The number of rotatable bonds is 3. The van der Waals surface area contributed by atoms with E-state index in [2.05, 4.69) is 11.8 Å². The molecule has 2 aliphatic rings. The Hall–Kier alpha value is 0.310. The van der Waals surface area contributed by atoms with Gasteiger partial charge in [0.1, 0.15) is 0 Å². The van der Waals surface area contributed by atoms with E-state index in [9.17, 15) is 0 Å². The molecule has 0 aromatic heterocycles. The molecule has 0 aromatic carbocycles. The second kappa shape index (κ2) is 6.90. The first-order valence-electron chi connectivity index (χ1n) is 7.23. The maximum atomic E-state index is 6.31. The van der Waals surface area contributed by atoms with Crippen LogP contribution in [0.5, 0.6) is 0 Å². The number of nitrogens with two attached hydrogens (primary N) is 1. The Morgan fingerprint density at radius 1 is 0.812 bits per heavy atom. The van der Waals surface area contributed by atoms with Crippen LogP contribution < -0.4 is 5.73 Å². The molecule has 0 heterocycles. The van der Waals surface area contributed by atoms with Crippen LogP contribution in [0, 0.1) is 5.92 Å². The minimum absolute atomic E-state index is 0.478. The lowest BCUT2D eigenvalue weighted by atomic mass is 9.97. The molecule has 1 nitrogen and oxygen atoms in total. The Balaban J connectivity index is 1.71. The van der Waals surface area contributed by atoms with Crippen LogP contribution in [0.2, 0.25) is 0 Å². The van der Waals surface area contributed by atoms with Crippen molar-refractivity contribution < 1.29 is 0 Å². The highest BCUT2D eigenvalue weighted by molar-refractivity contribution is 7.99. The molecule has 0 amide bonds. The summed E-state index contributed by atoms with van der Waals surface area (Å²) in [6.07, 6.45) is 14.2. The van der Waals surface area contributed by atoms with Gasteiger partial charge in [0.15, 0.2) is 0 Å². The first-order valence-corrected chi connectivity index (χ1v) is 8.28. The van der Waals surface area contributed by atoms with Gasteiger partial charge in [-0.05, 0) is 37.4 Å². The van der Waals surface area contributed by atoms with E-state index in [4.69, 9.17) is 5.73 Å². The zero-order valence-corrected chi connectivity index (χ0v) is 11.3. The number of hydrogen-bond donors (Lipinski definition) is 1. The fourth-order valence-corrected chi connectivity index (χ4v) is 4.69. The Morgan fingerprint density at radius 3 is 2.19 bits per heavy atom. The lowest BCUT2D eigenvalue weighted by Gasteiger charge is -2.26. The summed E-state index contributed by atoms with van der Waals surface area (Å²) in [5.74, 6) is 2.40.